The van der Waals surface area contributed by atoms with Crippen molar-refractivity contribution in [2.24, 2.45) is 0 Å². The van der Waals surface area contributed by atoms with E-state index < -0.39 is 11.7 Å². The lowest BCUT2D eigenvalue weighted by molar-refractivity contribution is -0.142. The molecule has 0 spiro atoms. The van der Waals surface area contributed by atoms with Crippen molar-refractivity contribution in [1.82, 2.24) is 5.32 Å². The van der Waals surface area contributed by atoms with Gasteiger partial charge in [-0.25, -0.2) is 4.79 Å². The number of alkyl carbamates (subject to hydrolysis) is 1. The Morgan fingerprint density at radius 2 is 1.77 bits per heavy atom. The Bertz CT molecular complexity index is 1650. The number of hydrogen-bond acceptors (Lipinski definition) is 8. The molecule has 44 heavy (non-hydrogen) atoms. The molecular formula is C34H38N2O8. The van der Waals surface area contributed by atoms with Crippen molar-refractivity contribution in [2.75, 3.05) is 11.9 Å². The number of anilines is 1. The van der Waals surface area contributed by atoms with Crippen LogP contribution in [0.3, 0.4) is 0 Å². The number of benzene rings is 3. The summed E-state index contributed by atoms with van der Waals surface area (Å²) >= 11 is 0. The first-order valence-electron chi connectivity index (χ1n) is 14.4. The number of fused-ring (bicyclic) bond motifs is 1. The molecule has 1 heterocycles. The molecule has 1 aromatic heterocycles. The van der Waals surface area contributed by atoms with Gasteiger partial charge in [0.05, 0.1) is 13.0 Å². The van der Waals surface area contributed by atoms with E-state index in [2.05, 4.69) is 10.6 Å². The maximum absolute atomic E-state index is 12.2. The number of furan rings is 1. The number of carbonyl (C=O) groups is 3. The van der Waals surface area contributed by atoms with Gasteiger partial charge in [-0.15, -0.1) is 0 Å². The maximum Gasteiger partial charge on any atom is 0.407 e. The molecule has 0 atom stereocenters. The number of aliphatic hydroxyl groups is 1. The van der Waals surface area contributed by atoms with E-state index in [0.29, 0.717) is 28.3 Å². The Morgan fingerprint density at radius 3 is 2.48 bits per heavy atom. The Hall–Kier alpha value is -4.83. The van der Waals surface area contributed by atoms with E-state index in [4.69, 9.17) is 18.6 Å². The van der Waals surface area contributed by atoms with Crippen LogP contribution < -0.4 is 15.4 Å². The van der Waals surface area contributed by atoms with E-state index in [-0.39, 0.29) is 44.7 Å². The largest absolute Gasteiger partial charge is 0.489 e. The summed E-state index contributed by atoms with van der Waals surface area (Å²) < 4.78 is 22.7. The van der Waals surface area contributed by atoms with Gasteiger partial charge in [0.15, 0.2) is 0 Å². The van der Waals surface area contributed by atoms with Crippen LogP contribution in [0.1, 0.15) is 57.1 Å². The molecule has 4 rings (SSSR count). The third kappa shape index (κ3) is 8.84. The van der Waals surface area contributed by atoms with Crippen molar-refractivity contribution in [3.63, 3.8) is 0 Å². The quantitative estimate of drug-likeness (QED) is 0.171. The van der Waals surface area contributed by atoms with Crippen molar-refractivity contribution in [2.45, 2.75) is 66.4 Å². The van der Waals surface area contributed by atoms with E-state index in [1.54, 1.807) is 52.0 Å². The monoisotopic (exact) mass is 602 g/mol. The fourth-order valence-electron chi connectivity index (χ4n) is 4.63. The summed E-state index contributed by atoms with van der Waals surface area (Å²) in [7, 11) is 0. The minimum Gasteiger partial charge on any atom is -0.489 e. The molecule has 0 radical (unpaired) electrons. The number of carbonyl (C=O) groups excluding carboxylic acids is 3. The lowest BCUT2D eigenvalue weighted by Gasteiger charge is -2.19. The van der Waals surface area contributed by atoms with Crippen LogP contribution in [0.2, 0.25) is 0 Å². The second kappa shape index (κ2) is 14.1. The van der Waals surface area contributed by atoms with E-state index in [1.807, 2.05) is 36.4 Å². The highest BCUT2D eigenvalue weighted by Crippen LogP contribution is 2.34. The van der Waals surface area contributed by atoms with Crippen LogP contribution in [-0.2, 0) is 45.2 Å². The molecule has 0 saturated carbocycles. The molecule has 0 aliphatic heterocycles. The molecule has 3 aromatic carbocycles. The Morgan fingerprint density at radius 1 is 0.977 bits per heavy atom. The topological polar surface area (TPSA) is 136 Å². The van der Waals surface area contributed by atoms with Crippen molar-refractivity contribution >= 4 is 34.6 Å². The number of amides is 2. The standard InChI is InChI=1S/C34H38N2O8/c1-6-41-31(39)16-25-10-11-27(36-21(2)38)17-30(25)42-20-23-13-26-15-28(19-37)43-32(26)29(14-23)24-9-7-8-22(12-24)18-35-33(40)44-34(3,4)5/h7-15,17,37H,6,16,18-20H2,1-5H3,(H,35,40)(H,36,38). The van der Waals surface area contributed by atoms with Gasteiger partial charge in [-0.05, 0) is 74.7 Å². The van der Waals surface area contributed by atoms with E-state index in [9.17, 15) is 19.5 Å². The highest BCUT2D eigenvalue weighted by Gasteiger charge is 2.17. The van der Waals surface area contributed by atoms with Gasteiger partial charge in [-0.1, -0.05) is 24.3 Å². The Labute approximate surface area is 256 Å². The number of esters is 1. The predicted octanol–water partition coefficient (Wildman–Crippen LogP) is 6.26. The summed E-state index contributed by atoms with van der Waals surface area (Å²) in [4.78, 5) is 36.1. The third-order valence-corrected chi connectivity index (χ3v) is 6.38. The van der Waals surface area contributed by atoms with Gasteiger partial charge >= 0.3 is 12.1 Å². The molecule has 3 N–H and O–H groups in total. The van der Waals surface area contributed by atoms with Gasteiger partial charge in [-0.2, -0.15) is 0 Å². The van der Waals surface area contributed by atoms with E-state index >= 15 is 0 Å². The molecule has 0 unspecified atom stereocenters. The number of rotatable bonds is 11. The van der Waals surface area contributed by atoms with Gasteiger partial charge in [0, 0.05) is 41.7 Å². The molecule has 0 aliphatic rings. The number of nitrogens with one attached hydrogen (secondary N) is 2. The van der Waals surface area contributed by atoms with Gasteiger partial charge in [-0.3, -0.25) is 9.59 Å². The summed E-state index contributed by atoms with van der Waals surface area (Å²) in [6.45, 7) is 8.99. The average molecular weight is 603 g/mol. The summed E-state index contributed by atoms with van der Waals surface area (Å²) in [5.41, 5.74) is 4.44. The smallest absolute Gasteiger partial charge is 0.407 e. The summed E-state index contributed by atoms with van der Waals surface area (Å²) in [6, 6.07) is 18.4. The molecule has 4 aromatic rings. The van der Waals surface area contributed by atoms with Gasteiger partial charge < -0.3 is 34.4 Å². The molecule has 2 amide bonds. The van der Waals surface area contributed by atoms with E-state index in [0.717, 1.165) is 27.6 Å². The predicted molar refractivity (Wildman–Crippen MR) is 166 cm³/mol. The fraction of sp³-hybridized carbons (Fsp3) is 0.324. The van der Waals surface area contributed by atoms with Crippen LogP contribution in [-0.4, -0.2) is 35.3 Å². The van der Waals surface area contributed by atoms with Crippen molar-refractivity contribution in [1.29, 1.82) is 0 Å². The van der Waals surface area contributed by atoms with Gasteiger partial charge in [0.1, 0.15) is 35.9 Å². The summed E-state index contributed by atoms with van der Waals surface area (Å²) in [5, 5.41) is 16.1. The average Bonchev–Trinajstić information content (AvgIpc) is 3.38. The zero-order valence-corrected chi connectivity index (χ0v) is 25.6. The zero-order valence-electron chi connectivity index (χ0n) is 25.6. The van der Waals surface area contributed by atoms with E-state index in [1.165, 1.54) is 6.92 Å². The lowest BCUT2D eigenvalue weighted by atomic mass is 9.99. The van der Waals surface area contributed by atoms with Crippen LogP contribution in [0.4, 0.5) is 10.5 Å². The van der Waals surface area contributed by atoms with Gasteiger partial charge in [0.25, 0.3) is 0 Å². The minimum absolute atomic E-state index is 0.0134. The van der Waals surface area contributed by atoms with Crippen molar-refractivity contribution < 1.29 is 38.1 Å². The molecule has 0 fully saturated rings. The zero-order chi connectivity index (χ0) is 31.9. The Kier molecular flexibility index (Phi) is 10.3. The number of aliphatic hydroxyl groups excluding tert-OH is 1. The highest BCUT2D eigenvalue weighted by atomic mass is 16.6. The lowest BCUT2D eigenvalue weighted by Crippen LogP contribution is -2.32. The molecule has 10 heteroatoms. The first kappa shape index (κ1) is 32.1. The summed E-state index contributed by atoms with van der Waals surface area (Å²) in [5.74, 6) is 0.239. The molecule has 0 saturated heterocycles. The maximum atomic E-state index is 12.2. The third-order valence-electron chi connectivity index (χ3n) is 6.38. The van der Waals surface area contributed by atoms with Crippen LogP contribution in [0.25, 0.3) is 22.1 Å². The summed E-state index contributed by atoms with van der Waals surface area (Å²) in [6.07, 6.45) is -0.493. The van der Waals surface area contributed by atoms with Crippen LogP contribution in [0.5, 0.6) is 5.75 Å². The van der Waals surface area contributed by atoms with Crippen LogP contribution in [0, 0.1) is 0 Å². The molecule has 10 nitrogen and oxygen atoms in total. The van der Waals surface area contributed by atoms with Crippen molar-refractivity contribution in [3.8, 4) is 16.9 Å². The van der Waals surface area contributed by atoms with Gasteiger partial charge in [0.2, 0.25) is 5.91 Å². The van der Waals surface area contributed by atoms with Crippen LogP contribution in [0.15, 0.2) is 65.1 Å². The number of ether oxygens (including phenoxy) is 3. The molecular weight excluding hydrogens is 564 g/mol. The number of hydrogen-bond donors (Lipinski definition) is 3. The minimum atomic E-state index is -0.603. The Balaban J connectivity index is 1.64. The highest BCUT2D eigenvalue weighted by molar-refractivity contribution is 5.94. The second-order valence-electron chi connectivity index (χ2n) is 11.3. The molecule has 232 valence electrons. The van der Waals surface area contributed by atoms with Crippen molar-refractivity contribution in [3.05, 3.63) is 83.1 Å². The molecule has 0 bridgehead atoms. The SMILES string of the molecule is CCOC(=O)Cc1ccc(NC(C)=O)cc1OCc1cc(-c2cccc(CNC(=O)OC(C)(C)C)c2)c2oc(CO)cc2c1. The normalized spacial score (nSPS) is 11.2. The fourth-order valence-corrected chi connectivity index (χ4v) is 4.63. The second-order valence-corrected chi connectivity index (χ2v) is 11.3. The molecule has 0 aliphatic carbocycles. The first-order valence-corrected chi connectivity index (χ1v) is 14.4. The van der Waals surface area contributed by atoms with Crippen LogP contribution >= 0.6 is 0 Å². The first-order chi connectivity index (χ1) is 20.9.